The van der Waals surface area contributed by atoms with Gasteiger partial charge in [0.15, 0.2) is 0 Å². The summed E-state index contributed by atoms with van der Waals surface area (Å²) < 4.78 is 1.92. The van der Waals surface area contributed by atoms with Crippen molar-refractivity contribution in [3.8, 4) is 0 Å². The van der Waals surface area contributed by atoms with E-state index < -0.39 is 0 Å². The van der Waals surface area contributed by atoms with Gasteiger partial charge in [-0.1, -0.05) is 24.3 Å². The van der Waals surface area contributed by atoms with Crippen LogP contribution < -0.4 is 5.73 Å². The third-order valence-electron chi connectivity index (χ3n) is 2.60. The Morgan fingerprint density at radius 2 is 1.88 bits per heavy atom. The Labute approximate surface area is 106 Å². The van der Waals surface area contributed by atoms with Gasteiger partial charge in [0.1, 0.15) is 0 Å². The molecule has 0 aliphatic carbocycles. The lowest BCUT2D eigenvalue weighted by Crippen LogP contribution is -1.96. The number of hydrogen-bond acceptors (Lipinski definition) is 3. The van der Waals surface area contributed by atoms with Crippen LogP contribution in [0.2, 0.25) is 0 Å². The highest BCUT2D eigenvalue weighted by Gasteiger charge is 2.03. The molecule has 0 radical (unpaired) electrons. The van der Waals surface area contributed by atoms with E-state index in [1.54, 1.807) is 11.8 Å². The molecule has 2 N–H and O–H groups in total. The van der Waals surface area contributed by atoms with E-state index in [0.29, 0.717) is 6.54 Å². The molecule has 4 heteroatoms. The molecule has 0 amide bonds. The monoisotopic (exact) mass is 247 g/mol. The molecule has 0 saturated carbocycles. The van der Waals surface area contributed by atoms with E-state index in [9.17, 15) is 0 Å². The van der Waals surface area contributed by atoms with Crippen LogP contribution in [-0.2, 0) is 19.3 Å². The molecule has 0 aliphatic heterocycles. The maximum atomic E-state index is 5.57. The van der Waals surface area contributed by atoms with Crippen LogP contribution in [0.25, 0.3) is 0 Å². The van der Waals surface area contributed by atoms with E-state index in [4.69, 9.17) is 5.73 Å². The Morgan fingerprint density at radius 3 is 2.41 bits per heavy atom. The zero-order valence-electron chi connectivity index (χ0n) is 10.2. The fraction of sp³-hybridized carbons (Fsp3) is 0.308. The van der Waals surface area contributed by atoms with Crippen LogP contribution in [0.1, 0.15) is 16.8 Å². The minimum Gasteiger partial charge on any atom is -0.326 e. The fourth-order valence-corrected chi connectivity index (χ4v) is 2.64. The first-order valence-electron chi connectivity index (χ1n) is 5.60. The molecule has 0 atom stereocenters. The fourth-order valence-electron chi connectivity index (χ4n) is 1.65. The molecule has 1 aromatic heterocycles. The molecule has 1 heterocycles. The van der Waals surface area contributed by atoms with E-state index in [1.807, 2.05) is 18.7 Å². The van der Waals surface area contributed by atoms with Gasteiger partial charge in [0.2, 0.25) is 0 Å². The molecule has 0 spiro atoms. The van der Waals surface area contributed by atoms with Gasteiger partial charge in [-0.15, -0.1) is 11.8 Å². The lowest BCUT2D eigenvalue weighted by Gasteiger charge is -2.03. The molecule has 2 aromatic rings. The topological polar surface area (TPSA) is 43.8 Å². The molecular formula is C13H17N3S. The third kappa shape index (κ3) is 3.11. The van der Waals surface area contributed by atoms with Crippen molar-refractivity contribution in [3.05, 3.63) is 47.2 Å². The standard InChI is InChI=1S/C13H17N3S/c1-10-7-13(16(2)15-10)17-9-12-5-3-11(8-14)4-6-12/h3-7H,8-9,14H2,1-2H3. The predicted octanol–water partition coefficient (Wildman–Crippen LogP) is 2.48. The van der Waals surface area contributed by atoms with Gasteiger partial charge in [-0.3, -0.25) is 4.68 Å². The molecule has 90 valence electrons. The van der Waals surface area contributed by atoms with Crippen molar-refractivity contribution in [2.45, 2.75) is 24.2 Å². The molecular weight excluding hydrogens is 230 g/mol. The normalized spacial score (nSPS) is 10.8. The molecule has 0 bridgehead atoms. The van der Waals surface area contributed by atoms with E-state index in [0.717, 1.165) is 11.4 Å². The largest absolute Gasteiger partial charge is 0.326 e. The summed E-state index contributed by atoms with van der Waals surface area (Å²) in [5.41, 5.74) is 9.12. The second kappa shape index (κ2) is 5.38. The van der Waals surface area contributed by atoms with Gasteiger partial charge in [0.05, 0.1) is 10.7 Å². The number of aryl methyl sites for hydroxylation is 2. The molecule has 0 unspecified atom stereocenters. The van der Waals surface area contributed by atoms with Gasteiger partial charge in [0.25, 0.3) is 0 Å². The highest BCUT2D eigenvalue weighted by Crippen LogP contribution is 2.23. The smallest absolute Gasteiger partial charge is 0.0942 e. The van der Waals surface area contributed by atoms with Gasteiger partial charge < -0.3 is 5.73 Å². The van der Waals surface area contributed by atoms with Gasteiger partial charge >= 0.3 is 0 Å². The quantitative estimate of drug-likeness (QED) is 0.844. The van der Waals surface area contributed by atoms with Crippen LogP contribution in [0.15, 0.2) is 35.4 Å². The van der Waals surface area contributed by atoms with Crippen molar-refractivity contribution < 1.29 is 0 Å². The molecule has 0 aliphatic rings. The van der Waals surface area contributed by atoms with Crippen LogP contribution in [0.5, 0.6) is 0 Å². The number of benzene rings is 1. The molecule has 1 aromatic carbocycles. The maximum absolute atomic E-state index is 5.57. The van der Waals surface area contributed by atoms with E-state index >= 15 is 0 Å². The number of thioether (sulfide) groups is 1. The first kappa shape index (κ1) is 12.2. The van der Waals surface area contributed by atoms with Gasteiger partial charge in [-0.05, 0) is 24.1 Å². The second-order valence-electron chi connectivity index (χ2n) is 4.06. The molecule has 2 rings (SSSR count). The van der Waals surface area contributed by atoms with Crippen LogP contribution in [-0.4, -0.2) is 9.78 Å². The summed E-state index contributed by atoms with van der Waals surface area (Å²) in [6, 6.07) is 10.6. The van der Waals surface area contributed by atoms with Crippen LogP contribution in [0, 0.1) is 6.92 Å². The maximum Gasteiger partial charge on any atom is 0.0942 e. The Balaban J connectivity index is 1.99. The molecule has 0 fully saturated rings. The van der Waals surface area contributed by atoms with Gasteiger partial charge in [0, 0.05) is 19.3 Å². The van der Waals surface area contributed by atoms with Crippen molar-refractivity contribution in [3.63, 3.8) is 0 Å². The van der Waals surface area contributed by atoms with Crippen molar-refractivity contribution in [2.75, 3.05) is 0 Å². The van der Waals surface area contributed by atoms with Crippen molar-refractivity contribution >= 4 is 11.8 Å². The second-order valence-corrected chi connectivity index (χ2v) is 5.05. The predicted molar refractivity (Wildman–Crippen MR) is 71.8 cm³/mol. The van der Waals surface area contributed by atoms with Crippen molar-refractivity contribution in [1.82, 2.24) is 9.78 Å². The summed E-state index contributed by atoms with van der Waals surface area (Å²) in [5.74, 6) is 0.962. The SMILES string of the molecule is Cc1cc(SCc2ccc(CN)cc2)n(C)n1. The van der Waals surface area contributed by atoms with Gasteiger partial charge in [-0.25, -0.2) is 0 Å². The number of aromatic nitrogens is 2. The zero-order chi connectivity index (χ0) is 12.3. The van der Waals surface area contributed by atoms with Crippen molar-refractivity contribution in [1.29, 1.82) is 0 Å². The highest BCUT2D eigenvalue weighted by atomic mass is 32.2. The lowest BCUT2D eigenvalue weighted by atomic mass is 10.1. The van der Waals surface area contributed by atoms with Crippen LogP contribution >= 0.6 is 11.8 Å². The summed E-state index contributed by atoms with van der Waals surface area (Å²) >= 11 is 1.80. The molecule has 0 saturated heterocycles. The summed E-state index contributed by atoms with van der Waals surface area (Å²) in [7, 11) is 1.98. The van der Waals surface area contributed by atoms with E-state index in [1.165, 1.54) is 16.2 Å². The number of rotatable bonds is 4. The summed E-state index contributed by atoms with van der Waals surface area (Å²) in [6.45, 7) is 2.62. The van der Waals surface area contributed by atoms with Gasteiger partial charge in [-0.2, -0.15) is 5.10 Å². The summed E-state index contributed by atoms with van der Waals surface area (Å²) in [4.78, 5) is 0. The summed E-state index contributed by atoms with van der Waals surface area (Å²) in [5, 5.41) is 5.53. The average molecular weight is 247 g/mol. The zero-order valence-corrected chi connectivity index (χ0v) is 11.0. The molecule has 17 heavy (non-hydrogen) atoms. The first-order valence-corrected chi connectivity index (χ1v) is 6.59. The van der Waals surface area contributed by atoms with E-state index in [-0.39, 0.29) is 0 Å². The Hall–Kier alpha value is -1.26. The Morgan fingerprint density at radius 1 is 1.24 bits per heavy atom. The minimum atomic E-state index is 0.606. The number of nitrogens with two attached hydrogens (primary N) is 1. The highest BCUT2D eigenvalue weighted by molar-refractivity contribution is 7.98. The third-order valence-corrected chi connectivity index (χ3v) is 3.76. The minimum absolute atomic E-state index is 0.606. The number of hydrogen-bond donors (Lipinski definition) is 1. The van der Waals surface area contributed by atoms with Crippen LogP contribution in [0.4, 0.5) is 0 Å². The van der Waals surface area contributed by atoms with E-state index in [2.05, 4.69) is 35.4 Å². The molecule has 3 nitrogen and oxygen atoms in total. The van der Waals surface area contributed by atoms with Crippen molar-refractivity contribution in [2.24, 2.45) is 12.8 Å². The van der Waals surface area contributed by atoms with Crippen LogP contribution in [0.3, 0.4) is 0 Å². The Bertz CT molecular complexity index is 488. The first-order chi connectivity index (χ1) is 8.19. The Kier molecular flexibility index (Phi) is 3.86. The number of nitrogens with zero attached hydrogens (tertiary/aromatic N) is 2. The summed E-state index contributed by atoms with van der Waals surface area (Å²) in [6.07, 6.45) is 0. The lowest BCUT2D eigenvalue weighted by molar-refractivity contribution is 0.692. The average Bonchev–Trinajstić information content (AvgIpc) is 2.66.